The number of hydrogen-bond donors (Lipinski definition) is 1. The number of nitrogens with zero attached hydrogens (tertiary/aromatic N) is 3. The highest BCUT2D eigenvalue weighted by Gasteiger charge is 2.22. The van der Waals surface area contributed by atoms with Crippen LogP contribution in [0.25, 0.3) is 0 Å². The normalized spacial score (nSPS) is 18.2. The molecule has 1 aromatic rings. The van der Waals surface area contributed by atoms with Crippen molar-refractivity contribution in [2.45, 2.75) is 0 Å². The number of hydrogen-bond acceptors (Lipinski definition) is 5. The van der Waals surface area contributed by atoms with Gasteiger partial charge in [-0.25, -0.2) is 0 Å². The molecule has 2 aliphatic heterocycles. The van der Waals surface area contributed by atoms with E-state index >= 15 is 0 Å². The number of carbonyl (C=O) groups excluding carboxylic acids is 3. The molecule has 0 saturated carbocycles. The van der Waals surface area contributed by atoms with Crippen LogP contribution in [0.3, 0.4) is 0 Å². The summed E-state index contributed by atoms with van der Waals surface area (Å²) in [4.78, 5) is 41.5. The molecule has 2 saturated heterocycles. The monoisotopic (exact) mass is 374 g/mol. The number of rotatable bonds is 6. The Morgan fingerprint density at radius 3 is 2.44 bits per heavy atom. The molecule has 0 aromatic heterocycles. The smallest absolute Gasteiger partial charge is 0.253 e. The van der Waals surface area contributed by atoms with E-state index in [1.54, 1.807) is 34.1 Å². The third kappa shape index (κ3) is 5.27. The first kappa shape index (κ1) is 19.3. The predicted octanol–water partition coefficient (Wildman–Crippen LogP) is -0.337. The molecule has 0 spiro atoms. The maximum absolute atomic E-state index is 12.7. The van der Waals surface area contributed by atoms with Crippen LogP contribution in [0.2, 0.25) is 0 Å². The predicted molar refractivity (Wildman–Crippen MR) is 99.6 cm³/mol. The van der Waals surface area contributed by atoms with Gasteiger partial charge in [0.25, 0.3) is 11.8 Å². The minimum atomic E-state index is -0.177. The van der Waals surface area contributed by atoms with Gasteiger partial charge in [0.05, 0.1) is 13.2 Å². The molecule has 8 nitrogen and oxygen atoms in total. The summed E-state index contributed by atoms with van der Waals surface area (Å²) in [7, 11) is 0. The molecule has 1 aromatic carbocycles. The van der Waals surface area contributed by atoms with Crippen LogP contribution in [-0.2, 0) is 9.53 Å². The molecule has 0 atom stereocenters. The first-order chi connectivity index (χ1) is 13.2. The van der Waals surface area contributed by atoms with E-state index in [-0.39, 0.29) is 11.8 Å². The highest BCUT2D eigenvalue weighted by molar-refractivity contribution is 5.99. The Balaban J connectivity index is 1.52. The standard InChI is InChI=1S/C19H26N4O4/c24-15-22-6-8-23(9-7-22)19(26)17-3-1-2-16(14-17)18(25)20-4-5-21-10-12-27-13-11-21/h1-3,14-15H,4-13H2,(H,20,25). The maximum atomic E-state index is 12.7. The summed E-state index contributed by atoms with van der Waals surface area (Å²) in [6.45, 7) is 6.68. The van der Waals surface area contributed by atoms with Crippen molar-refractivity contribution in [3.05, 3.63) is 35.4 Å². The first-order valence-electron chi connectivity index (χ1n) is 9.34. The van der Waals surface area contributed by atoms with Gasteiger partial charge in [0, 0.05) is 63.5 Å². The van der Waals surface area contributed by atoms with Crippen LogP contribution >= 0.6 is 0 Å². The Labute approximate surface area is 159 Å². The zero-order valence-corrected chi connectivity index (χ0v) is 15.4. The molecule has 3 amide bonds. The fraction of sp³-hybridized carbons (Fsp3) is 0.526. The molecular formula is C19H26N4O4. The van der Waals surface area contributed by atoms with Crippen molar-refractivity contribution in [2.75, 3.05) is 65.6 Å². The fourth-order valence-corrected chi connectivity index (χ4v) is 3.26. The van der Waals surface area contributed by atoms with Crippen molar-refractivity contribution in [1.82, 2.24) is 20.0 Å². The average molecular weight is 374 g/mol. The summed E-state index contributed by atoms with van der Waals surface area (Å²) >= 11 is 0. The lowest BCUT2D eigenvalue weighted by Gasteiger charge is -2.32. The summed E-state index contributed by atoms with van der Waals surface area (Å²) in [5.41, 5.74) is 0.977. The van der Waals surface area contributed by atoms with Crippen LogP contribution in [0.4, 0.5) is 0 Å². The second-order valence-electron chi connectivity index (χ2n) is 6.72. The molecule has 0 bridgehead atoms. The number of benzene rings is 1. The first-order valence-corrected chi connectivity index (χ1v) is 9.34. The summed E-state index contributed by atoms with van der Waals surface area (Å²) in [6.07, 6.45) is 0.809. The van der Waals surface area contributed by atoms with E-state index in [0.717, 1.165) is 39.3 Å². The van der Waals surface area contributed by atoms with Gasteiger partial charge in [-0.1, -0.05) is 6.07 Å². The summed E-state index contributed by atoms with van der Waals surface area (Å²) in [5, 5.41) is 2.91. The number of piperazine rings is 1. The molecule has 27 heavy (non-hydrogen) atoms. The van der Waals surface area contributed by atoms with Crippen LogP contribution in [0.5, 0.6) is 0 Å². The van der Waals surface area contributed by atoms with Gasteiger partial charge in [-0.2, -0.15) is 0 Å². The number of carbonyl (C=O) groups is 3. The van der Waals surface area contributed by atoms with Crippen molar-refractivity contribution in [3.8, 4) is 0 Å². The topological polar surface area (TPSA) is 82.2 Å². The van der Waals surface area contributed by atoms with Crippen molar-refractivity contribution in [3.63, 3.8) is 0 Å². The SMILES string of the molecule is O=CN1CCN(C(=O)c2cccc(C(=O)NCCN3CCOCC3)c2)CC1. The molecule has 2 fully saturated rings. The zero-order valence-electron chi connectivity index (χ0n) is 15.4. The maximum Gasteiger partial charge on any atom is 0.253 e. The van der Waals surface area contributed by atoms with E-state index in [2.05, 4.69) is 10.2 Å². The van der Waals surface area contributed by atoms with E-state index in [4.69, 9.17) is 4.74 Å². The van der Waals surface area contributed by atoms with Gasteiger partial charge in [-0.15, -0.1) is 0 Å². The van der Waals surface area contributed by atoms with Crippen molar-refractivity contribution >= 4 is 18.2 Å². The van der Waals surface area contributed by atoms with Crippen molar-refractivity contribution < 1.29 is 19.1 Å². The molecule has 1 N–H and O–H groups in total. The third-order valence-electron chi connectivity index (χ3n) is 4.94. The van der Waals surface area contributed by atoms with Crippen LogP contribution in [0, 0.1) is 0 Å². The quantitative estimate of drug-likeness (QED) is 0.689. The van der Waals surface area contributed by atoms with Gasteiger partial charge >= 0.3 is 0 Å². The fourth-order valence-electron chi connectivity index (χ4n) is 3.26. The molecule has 0 unspecified atom stereocenters. The molecular weight excluding hydrogens is 348 g/mol. The molecule has 2 heterocycles. The highest BCUT2D eigenvalue weighted by atomic mass is 16.5. The summed E-state index contributed by atoms with van der Waals surface area (Å²) < 4.78 is 5.31. The van der Waals surface area contributed by atoms with Gasteiger partial charge < -0.3 is 19.9 Å². The van der Waals surface area contributed by atoms with Crippen LogP contribution in [-0.4, -0.2) is 98.5 Å². The molecule has 8 heteroatoms. The lowest BCUT2D eigenvalue weighted by Crippen LogP contribution is -2.48. The Kier molecular flexibility index (Phi) is 6.78. The van der Waals surface area contributed by atoms with E-state index in [0.29, 0.717) is 43.9 Å². The lowest BCUT2D eigenvalue weighted by molar-refractivity contribution is -0.119. The van der Waals surface area contributed by atoms with Crippen LogP contribution < -0.4 is 5.32 Å². The van der Waals surface area contributed by atoms with Gasteiger partial charge in [0.2, 0.25) is 6.41 Å². The van der Waals surface area contributed by atoms with Crippen LogP contribution in [0.15, 0.2) is 24.3 Å². The van der Waals surface area contributed by atoms with Gasteiger partial charge in [0.1, 0.15) is 0 Å². The number of ether oxygens (including phenoxy) is 1. The zero-order chi connectivity index (χ0) is 19.1. The molecule has 0 aliphatic carbocycles. The Bertz CT molecular complexity index is 667. The van der Waals surface area contributed by atoms with Crippen LogP contribution in [0.1, 0.15) is 20.7 Å². The number of morpholine rings is 1. The minimum Gasteiger partial charge on any atom is -0.379 e. The van der Waals surface area contributed by atoms with Gasteiger partial charge in [-0.05, 0) is 18.2 Å². The average Bonchev–Trinajstić information content (AvgIpc) is 2.74. The number of amides is 3. The second kappa shape index (κ2) is 9.48. The third-order valence-corrected chi connectivity index (χ3v) is 4.94. The van der Waals surface area contributed by atoms with E-state index in [9.17, 15) is 14.4 Å². The molecule has 146 valence electrons. The van der Waals surface area contributed by atoms with Crippen molar-refractivity contribution in [1.29, 1.82) is 0 Å². The molecule has 3 rings (SSSR count). The highest BCUT2D eigenvalue weighted by Crippen LogP contribution is 2.11. The minimum absolute atomic E-state index is 0.108. The van der Waals surface area contributed by atoms with Crippen molar-refractivity contribution in [2.24, 2.45) is 0 Å². The van der Waals surface area contributed by atoms with E-state index in [1.165, 1.54) is 0 Å². The second-order valence-corrected chi connectivity index (χ2v) is 6.72. The lowest BCUT2D eigenvalue weighted by atomic mass is 10.1. The largest absolute Gasteiger partial charge is 0.379 e. The Morgan fingerprint density at radius 1 is 1.04 bits per heavy atom. The van der Waals surface area contributed by atoms with E-state index < -0.39 is 0 Å². The summed E-state index contributed by atoms with van der Waals surface area (Å²) in [5.74, 6) is -0.285. The molecule has 0 radical (unpaired) electrons. The van der Waals surface area contributed by atoms with Gasteiger partial charge in [0.15, 0.2) is 0 Å². The summed E-state index contributed by atoms with van der Waals surface area (Å²) in [6, 6.07) is 6.80. The number of nitrogens with one attached hydrogen (secondary N) is 1. The Morgan fingerprint density at radius 2 is 1.74 bits per heavy atom. The Hall–Kier alpha value is -2.45. The van der Waals surface area contributed by atoms with Gasteiger partial charge in [-0.3, -0.25) is 19.3 Å². The molecule has 2 aliphatic rings. The van der Waals surface area contributed by atoms with E-state index in [1.807, 2.05) is 0 Å².